The highest BCUT2D eigenvalue weighted by Crippen LogP contribution is 2.18. The Morgan fingerprint density at radius 1 is 1.32 bits per heavy atom. The van der Waals surface area contributed by atoms with E-state index < -0.39 is 0 Å². The molecule has 2 aromatic rings. The van der Waals surface area contributed by atoms with Gasteiger partial charge in [0.05, 0.1) is 5.01 Å². The number of aliphatic hydroxyl groups excluding tert-OH is 1. The highest BCUT2D eigenvalue weighted by molar-refractivity contribution is 7.09. The molecular formula is C17H18N2O2S. The molecule has 1 aliphatic rings. The van der Waals surface area contributed by atoms with Crippen LogP contribution in [0.3, 0.4) is 0 Å². The zero-order valence-corrected chi connectivity index (χ0v) is 12.9. The first kappa shape index (κ1) is 14.9. The third-order valence-corrected chi connectivity index (χ3v) is 4.55. The molecule has 1 amide bonds. The lowest BCUT2D eigenvalue weighted by atomic mass is 10.1. The number of amides is 1. The number of carbonyl (C=O) groups is 1. The molecular weight excluding hydrogens is 296 g/mol. The molecule has 1 heterocycles. The van der Waals surface area contributed by atoms with Crippen LogP contribution in [0, 0.1) is 5.92 Å². The summed E-state index contributed by atoms with van der Waals surface area (Å²) in [6.45, 7) is 0.126. The normalized spacial score (nSPS) is 20.2. The molecule has 22 heavy (non-hydrogen) atoms. The van der Waals surface area contributed by atoms with E-state index in [0.29, 0.717) is 5.69 Å². The molecule has 114 valence electrons. The van der Waals surface area contributed by atoms with Crippen LogP contribution < -0.4 is 5.32 Å². The molecule has 0 bridgehead atoms. The fraction of sp³-hybridized carbons (Fsp3) is 0.294. The summed E-state index contributed by atoms with van der Waals surface area (Å²) in [5.74, 6) is -0.00169. The second-order valence-corrected chi connectivity index (χ2v) is 6.37. The number of hydrogen-bond acceptors (Lipinski definition) is 4. The average molecular weight is 314 g/mol. The van der Waals surface area contributed by atoms with Gasteiger partial charge < -0.3 is 10.4 Å². The average Bonchev–Trinajstić information content (AvgIpc) is 3.17. The lowest BCUT2D eigenvalue weighted by Gasteiger charge is -2.11. The Morgan fingerprint density at radius 2 is 2.14 bits per heavy atom. The lowest BCUT2D eigenvalue weighted by molar-refractivity contribution is 0.0936. The van der Waals surface area contributed by atoms with Gasteiger partial charge in [-0.15, -0.1) is 11.3 Å². The van der Waals surface area contributed by atoms with Crippen molar-refractivity contribution in [2.24, 2.45) is 5.92 Å². The Morgan fingerprint density at radius 3 is 2.86 bits per heavy atom. The maximum Gasteiger partial charge on any atom is 0.271 e. The van der Waals surface area contributed by atoms with Gasteiger partial charge in [-0.3, -0.25) is 4.79 Å². The van der Waals surface area contributed by atoms with Crippen LogP contribution >= 0.6 is 11.3 Å². The van der Waals surface area contributed by atoms with Crippen LogP contribution in [-0.4, -0.2) is 28.6 Å². The quantitative estimate of drug-likeness (QED) is 0.833. The molecule has 2 atom stereocenters. The number of nitrogens with zero attached hydrogens (tertiary/aromatic N) is 1. The summed E-state index contributed by atoms with van der Waals surface area (Å²) < 4.78 is 0. The van der Waals surface area contributed by atoms with E-state index in [2.05, 4.69) is 22.4 Å². The highest BCUT2D eigenvalue weighted by atomic mass is 32.1. The first-order chi connectivity index (χ1) is 10.7. The summed E-state index contributed by atoms with van der Waals surface area (Å²) in [6.07, 6.45) is 5.39. The van der Waals surface area contributed by atoms with Crippen LogP contribution in [-0.2, 0) is 6.42 Å². The SMILES string of the molecule is O=C(N[C@@H]1C=C[C@H](CO)C1)c1csc(Cc2ccccc2)n1. The van der Waals surface area contributed by atoms with E-state index >= 15 is 0 Å². The molecule has 0 spiro atoms. The highest BCUT2D eigenvalue weighted by Gasteiger charge is 2.21. The van der Waals surface area contributed by atoms with E-state index in [0.717, 1.165) is 17.8 Å². The number of thiazole rings is 1. The standard InChI is InChI=1S/C17H18N2O2S/c20-10-13-6-7-14(8-13)18-17(21)15-11-22-16(19-15)9-12-4-2-1-3-5-12/h1-7,11,13-14,20H,8-10H2,(H,18,21)/t13-,14+/m0/s1. The first-order valence-corrected chi connectivity index (χ1v) is 8.21. The Hall–Kier alpha value is -1.98. The Labute approximate surface area is 133 Å². The smallest absolute Gasteiger partial charge is 0.271 e. The number of aliphatic hydroxyl groups is 1. The second kappa shape index (κ2) is 6.85. The molecule has 3 rings (SSSR count). The zero-order chi connectivity index (χ0) is 15.4. The topological polar surface area (TPSA) is 62.2 Å². The molecule has 0 saturated carbocycles. The summed E-state index contributed by atoms with van der Waals surface area (Å²) in [5.41, 5.74) is 1.66. The Balaban J connectivity index is 1.59. The van der Waals surface area contributed by atoms with E-state index in [1.807, 2.05) is 30.4 Å². The number of rotatable bonds is 5. The Kier molecular flexibility index (Phi) is 4.65. The lowest BCUT2D eigenvalue weighted by Crippen LogP contribution is -2.33. The van der Waals surface area contributed by atoms with E-state index in [9.17, 15) is 4.79 Å². The second-order valence-electron chi connectivity index (χ2n) is 5.43. The Bertz CT molecular complexity index is 666. The van der Waals surface area contributed by atoms with Crippen molar-refractivity contribution < 1.29 is 9.90 Å². The predicted octanol–water partition coefficient (Wildman–Crippen LogP) is 2.40. The maximum absolute atomic E-state index is 12.2. The summed E-state index contributed by atoms with van der Waals surface area (Å²) in [7, 11) is 0. The predicted molar refractivity (Wildman–Crippen MR) is 86.9 cm³/mol. The molecule has 1 aliphatic carbocycles. The fourth-order valence-electron chi connectivity index (χ4n) is 2.53. The van der Waals surface area contributed by atoms with Crippen molar-refractivity contribution in [1.82, 2.24) is 10.3 Å². The maximum atomic E-state index is 12.2. The van der Waals surface area contributed by atoms with Gasteiger partial charge in [-0.05, 0) is 12.0 Å². The number of benzene rings is 1. The number of hydrogen-bond donors (Lipinski definition) is 2. The van der Waals surface area contributed by atoms with Gasteiger partial charge in [0.25, 0.3) is 5.91 Å². The molecule has 0 unspecified atom stereocenters. The first-order valence-electron chi connectivity index (χ1n) is 7.33. The fourth-order valence-corrected chi connectivity index (χ4v) is 3.33. The van der Waals surface area contributed by atoms with Crippen molar-refractivity contribution in [1.29, 1.82) is 0 Å². The van der Waals surface area contributed by atoms with E-state index in [-0.39, 0.29) is 24.5 Å². The van der Waals surface area contributed by atoms with Gasteiger partial charge in [-0.1, -0.05) is 42.5 Å². The van der Waals surface area contributed by atoms with Crippen LogP contribution in [0.5, 0.6) is 0 Å². The van der Waals surface area contributed by atoms with Crippen molar-refractivity contribution in [2.75, 3.05) is 6.61 Å². The number of nitrogens with one attached hydrogen (secondary N) is 1. The van der Waals surface area contributed by atoms with Crippen molar-refractivity contribution >= 4 is 17.2 Å². The van der Waals surface area contributed by atoms with Gasteiger partial charge in [-0.2, -0.15) is 0 Å². The third-order valence-electron chi connectivity index (χ3n) is 3.71. The molecule has 0 fully saturated rings. The molecule has 4 nitrogen and oxygen atoms in total. The molecule has 5 heteroatoms. The van der Waals surface area contributed by atoms with Crippen LogP contribution in [0.1, 0.15) is 27.5 Å². The van der Waals surface area contributed by atoms with Crippen LogP contribution in [0.25, 0.3) is 0 Å². The molecule has 1 aromatic carbocycles. The van der Waals surface area contributed by atoms with Gasteiger partial charge in [0, 0.05) is 30.4 Å². The van der Waals surface area contributed by atoms with Crippen LogP contribution in [0.4, 0.5) is 0 Å². The summed E-state index contributed by atoms with van der Waals surface area (Å²) in [4.78, 5) is 16.6. The van der Waals surface area contributed by atoms with Crippen molar-refractivity contribution in [3.05, 3.63) is 64.1 Å². The van der Waals surface area contributed by atoms with Crippen LogP contribution in [0.15, 0.2) is 47.9 Å². The minimum absolute atomic E-state index is 0.0103. The molecule has 0 aliphatic heterocycles. The monoisotopic (exact) mass is 314 g/mol. The van der Waals surface area contributed by atoms with Gasteiger partial charge >= 0.3 is 0 Å². The largest absolute Gasteiger partial charge is 0.396 e. The van der Waals surface area contributed by atoms with E-state index in [1.165, 1.54) is 16.9 Å². The zero-order valence-electron chi connectivity index (χ0n) is 12.1. The van der Waals surface area contributed by atoms with Crippen molar-refractivity contribution in [2.45, 2.75) is 18.9 Å². The third kappa shape index (κ3) is 3.61. The van der Waals surface area contributed by atoms with E-state index in [4.69, 9.17) is 5.11 Å². The minimum atomic E-state index is -0.149. The van der Waals surface area contributed by atoms with Gasteiger partial charge in [-0.25, -0.2) is 4.98 Å². The summed E-state index contributed by atoms with van der Waals surface area (Å²) in [6, 6.07) is 10.1. The molecule has 0 saturated heterocycles. The minimum Gasteiger partial charge on any atom is -0.396 e. The molecule has 0 radical (unpaired) electrons. The van der Waals surface area contributed by atoms with Crippen molar-refractivity contribution in [3.8, 4) is 0 Å². The van der Waals surface area contributed by atoms with Gasteiger partial charge in [0.15, 0.2) is 0 Å². The summed E-state index contributed by atoms with van der Waals surface area (Å²) >= 11 is 1.51. The summed E-state index contributed by atoms with van der Waals surface area (Å²) in [5, 5.41) is 14.8. The van der Waals surface area contributed by atoms with Gasteiger partial charge in [0.2, 0.25) is 0 Å². The van der Waals surface area contributed by atoms with Crippen LogP contribution in [0.2, 0.25) is 0 Å². The molecule has 1 aromatic heterocycles. The number of aromatic nitrogens is 1. The van der Waals surface area contributed by atoms with Crippen molar-refractivity contribution in [3.63, 3.8) is 0 Å². The molecule has 2 N–H and O–H groups in total. The van der Waals surface area contributed by atoms with E-state index in [1.54, 1.807) is 5.38 Å². The number of carbonyl (C=O) groups excluding carboxylic acids is 1. The van der Waals surface area contributed by atoms with Gasteiger partial charge in [0.1, 0.15) is 5.69 Å².